The molecule has 0 N–H and O–H groups in total. The first-order valence-electron chi connectivity index (χ1n) is 4.81. The number of hydrogen-bond acceptors (Lipinski definition) is 4. The van der Waals surface area contributed by atoms with Crippen molar-refractivity contribution in [1.29, 1.82) is 0 Å². The molecule has 2 rings (SSSR count). The third-order valence-corrected chi connectivity index (χ3v) is 2.11. The van der Waals surface area contributed by atoms with Crippen molar-refractivity contribution >= 4 is 5.78 Å². The van der Waals surface area contributed by atoms with Crippen molar-refractivity contribution in [3.05, 3.63) is 42.2 Å². The first-order valence-corrected chi connectivity index (χ1v) is 4.81. The third-order valence-electron chi connectivity index (χ3n) is 2.11. The normalized spacial score (nSPS) is 10.3. The van der Waals surface area contributed by atoms with E-state index in [-0.39, 0.29) is 12.4 Å². The summed E-state index contributed by atoms with van der Waals surface area (Å²) in [5.41, 5.74) is 1.23. The Morgan fingerprint density at radius 3 is 2.81 bits per heavy atom. The lowest BCUT2D eigenvalue weighted by molar-refractivity contribution is 0.0840. The Balaban J connectivity index is 2.37. The highest BCUT2D eigenvalue weighted by molar-refractivity contribution is 5.95. The summed E-state index contributed by atoms with van der Waals surface area (Å²) in [7, 11) is 1.48. The maximum atomic E-state index is 11.7. The second-order valence-electron chi connectivity index (χ2n) is 3.22. The smallest absolute Gasteiger partial charge is 0.208 e. The van der Waals surface area contributed by atoms with Crippen LogP contribution in [-0.4, -0.2) is 34.5 Å². The lowest BCUT2D eigenvalue weighted by Gasteiger charge is -2.04. The number of ether oxygens (including phenoxy) is 1. The lowest BCUT2D eigenvalue weighted by atomic mass is 10.3. The summed E-state index contributed by atoms with van der Waals surface area (Å²) in [6.45, 7) is 0.0280. The summed E-state index contributed by atoms with van der Waals surface area (Å²) in [6.07, 6.45) is 1.44. The van der Waals surface area contributed by atoms with Crippen molar-refractivity contribution < 1.29 is 9.53 Å². The molecule has 5 heteroatoms. The fourth-order valence-electron chi connectivity index (χ4n) is 1.39. The highest BCUT2D eigenvalue weighted by Crippen LogP contribution is 2.09. The number of methoxy groups -OCH3 is 1. The summed E-state index contributed by atoms with van der Waals surface area (Å²) in [5.74, 6) is -0.142. The van der Waals surface area contributed by atoms with Crippen molar-refractivity contribution in [3.63, 3.8) is 0 Å². The molecule has 0 fully saturated rings. The predicted molar refractivity (Wildman–Crippen MR) is 57.6 cm³/mol. The van der Waals surface area contributed by atoms with E-state index in [9.17, 15) is 4.79 Å². The third kappa shape index (κ3) is 1.99. The fourth-order valence-corrected chi connectivity index (χ4v) is 1.39. The minimum atomic E-state index is -0.142. The number of carbonyl (C=O) groups excluding carboxylic acids is 1. The molecular formula is C11H11N3O2. The van der Waals surface area contributed by atoms with Crippen molar-refractivity contribution in [1.82, 2.24) is 15.0 Å². The molecule has 1 aromatic heterocycles. The Hall–Kier alpha value is -2.01. The van der Waals surface area contributed by atoms with Crippen molar-refractivity contribution in [2.45, 2.75) is 0 Å². The van der Waals surface area contributed by atoms with Crippen LogP contribution in [0.2, 0.25) is 0 Å². The van der Waals surface area contributed by atoms with Gasteiger partial charge in [0.2, 0.25) is 5.78 Å². The number of para-hydroxylation sites is 1. The van der Waals surface area contributed by atoms with E-state index in [2.05, 4.69) is 10.3 Å². The molecule has 0 aliphatic heterocycles. The van der Waals surface area contributed by atoms with Gasteiger partial charge in [-0.2, -0.15) is 0 Å². The molecule has 1 aromatic carbocycles. The number of benzene rings is 1. The quantitative estimate of drug-likeness (QED) is 0.719. The average Bonchev–Trinajstić information content (AvgIpc) is 2.79. The van der Waals surface area contributed by atoms with Crippen LogP contribution in [0.4, 0.5) is 0 Å². The molecule has 0 aliphatic rings. The second-order valence-corrected chi connectivity index (χ2v) is 3.22. The molecule has 0 spiro atoms. The lowest BCUT2D eigenvalue weighted by Crippen LogP contribution is -2.13. The summed E-state index contributed by atoms with van der Waals surface area (Å²) >= 11 is 0. The fraction of sp³-hybridized carbons (Fsp3) is 0.182. The van der Waals surface area contributed by atoms with Crippen LogP contribution in [0, 0.1) is 0 Å². The van der Waals surface area contributed by atoms with Gasteiger partial charge in [-0.3, -0.25) is 4.79 Å². The van der Waals surface area contributed by atoms with Gasteiger partial charge in [0.15, 0.2) is 0 Å². The maximum Gasteiger partial charge on any atom is 0.208 e. The number of rotatable bonds is 4. The van der Waals surface area contributed by atoms with Crippen LogP contribution in [0.5, 0.6) is 0 Å². The second kappa shape index (κ2) is 4.67. The van der Waals surface area contributed by atoms with Crippen LogP contribution < -0.4 is 0 Å². The van der Waals surface area contributed by atoms with Gasteiger partial charge in [-0.1, -0.05) is 23.4 Å². The predicted octanol–water partition coefficient (Wildman–Crippen LogP) is 1.10. The average molecular weight is 217 g/mol. The van der Waals surface area contributed by atoms with Gasteiger partial charge in [-0.15, -0.1) is 5.10 Å². The number of aromatic nitrogens is 3. The first kappa shape index (κ1) is 10.5. The van der Waals surface area contributed by atoms with Gasteiger partial charge in [-0.05, 0) is 12.1 Å². The van der Waals surface area contributed by atoms with Gasteiger partial charge >= 0.3 is 0 Å². The minimum Gasteiger partial charge on any atom is -0.376 e. The maximum absolute atomic E-state index is 11.7. The highest BCUT2D eigenvalue weighted by Gasteiger charge is 2.13. The molecule has 0 bridgehead atoms. The van der Waals surface area contributed by atoms with Gasteiger partial charge in [0.1, 0.15) is 12.3 Å². The summed E-state index contributed by atoms with van der Waals surface area (Å²) < 4.78 is 6.30. The molecule has 0 saturated heterocycles. The monoisotopic (exact) mass is 217 g/mol. The summed E-state index contributed by atoms with van der Waals surface area (Å²) in [4.78, 5) is 11.7. The van der Waals surface area contributed by atoms with E-state index in [0.29, 0.717) is 5.69 Å². The Bertz CT molecular complexity index is 479. The Labute approximate surface area is 92.7 Å². The summed E-state index contributed by atoms with van der Waals surface area (Å²) in [5, 5.41) is 7.62. The molecule has 0 unspecified atom stereocenters. The zero-order chi connectivity index (χ0) is 11.4. The highest BCUT2D eigenvalue weighted by atomic mass is 16.5. The summed E-state index contributed by atoms with van der Waals surface area (Å²) in [6, 6.07) is 9.37. The van der Waals surface area contributed by atoms with E-state index in [1.54, 1.807) is 0 Å². The molecular weight excluding hydrogens is 206 g/mol. The Morgan fingerprint density at radius 2 is 2.12 bits per heavy atom. The molecule has 16 heavy (non-hydrogen) atoms. The van der Waals surface area contributed by atoms with E-state index in [0.717, 1.165) is 5.69 Å². The van der Waals surface area contributed by atoms with Crippen LogP contribution in [0.25, 0.3) is 5.69 Å². The number of hydrogen-bond donors (Lipinski definition) is 0. The largest absolute Gasteiger partial charge is 0.376 e. The van der Waals surface area contributed by atoms with Crippen LogP contribution in [0.3, 0.4) is 0 Å². The molecule has 0 aliphatic carbocycles. The Morgan fingerprint density at radius 1 is 1.38 bits per heavy atom. The van der Waals surface area contributed by atoms with E-state index < -0.39 is 0 Å². The molecule has 0 radical (unpaired) electrons. The molecule has 0 amide bonds. The topological polar surface area (TPSA) is 57.0 Å². The van der Waals surface area contributed by atoms with Crippen LogP contribution in [0.15, 0.2) is 36.5 Å². The van der Waals surface area contributed by atoms with Crippen molar-refractivity contribution in [2.24, 2.45) is 0 Å². The number of nitrogens with zero attached hydrogens (tertiary/aromatic N) is 3. The van der Waals surface area contributed by atoms with Gasteiger partial charge in [0.05, 0.1) is 11.9 Å². The van der Waals surface area contributed by atoms with Gasteiger partial charge in [-0.25, -0.2) is 4.68 Å². The standard InChI is InChI=1S/C11H11N3O2/c1-16-8-11(15)10-7-12-13-14(10)9-5-3-2-4-6-9/h2-7H,8H2,1H3. The van der Waals surface area contributed by atoms with Crippen LogP contribution in [-0.2, 0) is 4.74 Å². The molecule has 2 aromatic rings. The van der Waals surface area contributed by atoms with E-state index in [1.807, 2.05) is 30.3 Å². The molecule has 82 valence electrons. The zero-order valence-corrected chi connectivity index (χ0v) is 8.83. The zero-order valence-electron chi connectivity index (χ0n) is 8.83. The van der Waals surface area contributed by atoms with Crippen LogP contribution in [0.1, 0.15) is 10.5 Å². The Kier molecular flexibility index (Phi) is 3.07. The number of Topliss-reactive ketones (excluding diaryl/α,β-unsaturated/α-hetero) is 1. The van der Waals surface area contributed by atoms with Crippen molar-refractivity contribution in [2.75, 3.05) is 13.7 Å². The van der Waals surface area contributed by atoms with Crippen LogP contribution >= 0.6 is 0 Å². The molecule has 0 atom stereocenters. The van der Waals surface area contributed by atoms with Gasteiger partial charge in [0.25, 0.3) is 0 Å². The molecule has 1 heterocycles. The van der Waals surface area contributed by atoms with Gasteiger partial charge < -0.3 is 4.74 Å². The SMILES string of the molecule is COCC(=O)c1cnnn1-c1ccccc1. The van der Waals surface area contributed by atoms with E-state index in [4.69, 9.17) is 4.74 Å². The number of carbonyl (C=O) groups is 1. The molecule has 5 nitrogen and oxygen atoms in total. The van der Waals surface area contributed by atoms with E-state index >= 15 is 0 Å². The van der Waals surface area contributed by atoms with Gasteiger partial charge in [0, 0.05) is 7.11 Å². The van der Waals surface area contributed by atoms with E-state index in [1.165, 1.54) is 18.0 Å². The minimum absolute atomic E-state index is 0.0280. The first-order chi connectivity index (χ1) is 7.83. The van der Waals surface area contributed by atoms with Crippen molar-refractivity contribution in [3.8, 4) is 5.69 Å². The molecule has 0 saturated carbocycles. The number of ketones is 1.